The number of aliphatic hydroxyl groups excluding tert-OH is 1. The Kier molecular flexibility index (Phi) is 6.10. The lowest BCUT2D eigenvalue weighted by molar-refractivity contribution is -0.126. The van der Waals surface area contributed by atoms with E-state index in [1.165, 1.54) is 0 Å². The minimum Gasteiger partial charge on any atom is -0.474 e. The van der Waals surface area contributed by atoms with Crippen molar-refractivity contribution in [1.29, 1.82) is 0 Å². The Labute approximate surface area is 187 Å². The maximum absolute atomic E-state index is 11.9. The summed E-state index contributed by atoms with van der Waals surface area (Å²) in [6.45, 7) is 2.04. The number of amides is 1. The number of hydrogen-bond acceptors (Lipinski definition) is 8. The summed E-state index contributed by atoms with van der Waals surface area (Å²) in [5.41, 5.74) is 1.93. The number of hydrogen-bond donors (Lipinski definition) is 2. The fraction of sp³-hybridized carbons (Fsp3) is 0.652. The number of nitrogens with zero attached hydrogens (tertiary/aromatic N) is 4. The fourth-order valence-corrected chi connectivity index (χ4v) is 4.96. The number of rotatable bonds is 5. The van der Waals surface area contributed by atoms with Crippen molar-refractivity contribution in [3.05, 3.63) is 18.0 Å². The van der Waals surface area contributed by atoms with Crippen LogP contribution in [0.3, 0.4) is 0 Å². The van der Waals surface area contributed by atoms with Gasteiger partial charge in [-0.3, -0.25) is 4.79 Å². The zero-order valence-electron chi connectivity index (χ0n) is 18.5. The Morgan fingerprint density at radius 3 is 2.62 bits per heavy atom. The van der Waals surface area contributed by atoms with Crippen LogP contribution < -0.4 is 10.1 Å². The van der Waals surface area contributed by atoms with Gasteiger partial charge in [0, 0.05) is 50.8 Å². The number of ether oxygens (including phenoxy) is 2. The van der Waals surface area contributed by atoms with Crippen LogP contribution in [0, 0.1) is 0 Å². The van der Waals surface area contributed by atoms with Crippen LogP contribution in [0.2, 0.25) is 0 Å². The molecule has 172 valence electrons. The molecular formula is C23H31N5O4. The molecule has 9 nitrogen and oxygen atoms in total. The van der Waals surface area contributed by atoms with Gasteiger partial charge in [-0.25, -0.2) is 15.0 Å². The minimum absolute atomic E-state index is 0.00183. The van der Waals surface area contributed by atoms with Gasteiger partial charge in [0.25, 0.3) is 0 Å². The summed E-state index contributed by atoms with van der Waals surface area (Å²) in [5.74, 6) is 1.51. The molecule has 0 bridgehead atoms. The van der Waals surface area contributed by atoms with E-state index in [1.54, 1.807) is 11.1 Å². The third-order valence-electron chi connectivity index (χ3n) is 6.87. The number of likely N-dealkylation sites (tertiary alicyclic amines) is 1. The molecular weight excluding hydrogens is 410 g/mol. The zero-order chi connectivity index (χ0) is 22.1. The monoisotopic (exact) mass is 441 g/mol. The number of likely N-dealkylation sites (N-methyl/N-ethyl adjacent to an activating group) is 1. The van der Waals surface area contributed by atoms with E-state index in [1.807, 2.05) is 13.2 Å². The smallest absolute Gasteiger partial charge is 0.224 e. The van der Waals surface area contributed by atoms with Crippen LogP contribution in [-0.2, 0) is 9.53 Å². The first-order valence-corrected chi connectivity index (χ1v) is 11.7. The lowest BCUT2D eigenvalue weighted by atomic mass is 9.83. The van der Waals surface area contributed by atoms with Gasteiger partial charge in [-0.2, -0.15) is 0 Å². The number of nitrogens with one attached hydrogen (secondary N) is 1. The van der Waals surface area contributed by atoms with E-state index in [2.05, 4.69) is 15.3 Å². The van der Waals surface area contributed by atoms with Gasteiger partial charge in [0.1, 0.15) is 6.10 Å². The molecule has 3 fully saturated rings. The molecule has 1 unspecified atom stereocenters. The quantitative estimate of drug-likeness (QED) is 0.727. The lowest BCUT2D eigenvalue weighted by Gasteiger charge is -2.27. The Hall–Kier alpha value is -2.52. The van der Waals surface area contributed by atoms with Crippen LogP contribution in [0.4, 0.5) is 5.95 Å². The highest BCUT2D eigenvalue weighted by molar-refractivity contribution is 5.87. The van der Waals surface area contributed by atoms with Crippen LogP contribution >= 0.6 is 0 Å². The SMILES string of the molecule is CN1CC(Nc2ncc3c(OC4CCOCC4)ncc([C@H]4CC[C@H](O)CC4)c3n2)CC1=O. The third-order valence-corrected chi connectivity index (χ3v) is 6.87. The van der Waals surface area contributed by atoms with Crippen LogP contribution in [-0.4, -0.2) is 75.9 Å². The molecule has 2 saturated heterocycles. The summed E-state index contributed by atoms with van der Waals surface area (Å²) >= 11 is 0. The van der Waals surface area contributed by atoms with Crippen molar-refractivity contribution in [1.82, 2.24) is 19.9 Å². The standard InChI is InChI=1S/C23H31N5O4/c1-28-13-15(10-20(28)30)26-23-25-12-19-21(27-23)18(14-2-4-16(29)5-3-14)11-24-22(19)32-17-6-8-31-9-7-17/h11-12,14-17,29H,2-10,13H2,1H3,(H,25,26,27)/t14-,15?,16-. The summed E-state index contributed by atoms with van der Waals surface area (Å²) < 4.78 is 11.7. The van der Waals surface area contributed by atoms with Gasteiger partial charge in [-0.1, -0.05) is 0 Å². The van der Waals surface area contributed by atoms with Crippen LogP contribution in [0.5, 0.6) is 5.88 Å². The molecule has 0 spiro atoms. The molecule has 32 heavy (non-hydrogen) atoms. The molecule has 3 aliphatic rings. The highest BCUT2D eigenvalue weighted by Gasteiger charge is 2.29. The van der Waals surface area contributed by atoms with Crippen molar-refractivity contribution in [3.8, 4) is 5.88 Å². The van der Waals surface area contributed by atoms with E-state index in [0.29, 0.717) is 43.9 Å². The molecule has 0 aromatic carbocycles. The Balaban J connectivity index is 1.46. The van der Waals surface area contributed by atoms with Crippen molar-refractivity contribution in [2.75, 3.05) is 32.1 Å². The van der Waals surface area contributed by atoms with Gasteiger partial charge < -0.3 is 24.8 Å². The van der Waals surface area contributed by atoms with Gasteiger partial charge in [-0.15, -0.1) is 0 Å². The van der Waals surface area contributed by atoms with Crippen molar-refractivity contribution < 1.29 is 19.4 Å². The van der Waals surface area contributed by atoms with E-state index in [0.717, 1.165) is 55.0 Å². The van der Waals surface area contributed by atoms with Gasteiger partial charge >= 0.3 is 0 Å². The van der Waals surface area contributed by atoms with Crippen molar-refractivity contribution in [2.24, 2.45) is 0 Å². The number of fused-ring (bicyclic) bond motifs is 1. The van der Waals surface area contributed by atoms with Crippen molar-refractivity contribution in [2.45, 2.75) is 69.1 Å². The molecule has 2 aromatic heterocycles. The van der Waals surface area contributed by atoms with E-state index >= 15 is 0 Å². The first-order chi connectivity index (χ1) is 15.6. The average Bonchev–Trinajstić information content (AvgIpc) is 3.12. The highest BCUT2D eigenvalue weighted by atomic mass is 16.5. The van der Waals surface area contributed by atoms with Crippen LogP contribution in [0.1, 0.15) is 56.4 Å². The Bertz CT molecular complexity index is 972. The molecule has 1 saturated carbocycles. The molecule has 0 radical (unpaired) electrons. The van der Waals surface area contributed by atoms with E-state index in [9.17, 15) is 9.90 Å². The van der Waals surface area contributed by atoms with Crippen molar-refractivity contribution >= 4 is 22.8 Å². The second-order valence-electron chi connectivity index (χ2n) is 9.23. The molecule has 9 heteroatoms. The molecule has 1 aliphatic carbocycles. The topological polar surface area (TPSA) is 110 Å². The molecule has 4 heterocycles. The van der Waals surface area contributed by atoms with Gasteiger partial charge in [0.05, 0.1) is 36.3 Å². The summed E-state index contributed by atoms with van der Waals surface area (Å²) in [6.07, 6.45) is 9.07. The molecule has 2 aromatic rings. The van der Waals surface area contributed by atoms with Gasteiger partial charge in [0.15, 0.2) is 0 Å². The second-order valence-corrected chi connectivity index (χ2v) is 9.23. The van der Waals surface area contributed by atoms with Gasteiger partial charge in [-0.05, 0) is 31.6 Å². The molecule has 1 amide bonds. The first kappa shape index (κ1) is 21.3. The summed E-state index contributed by atoms with van der Waals surface area (Å²) in [5, 5.41) is 14.1. The first-order valence-electron chi connectivity index (χ1n) is 11.7. The molecule has 5 rings (SSSR count). The highest BCUT2D eigenvalue weighted by Crippen LogP contribution is 2.38. The molecule has 1 atom stereocenters. The fourth-order valence-electron chi connectivity index (χ4n) is 4.96. The predicted molar refractivity (Wildman–Crippen MR) is 119 cm³/mol. The normalized spacial score (nSPS) is 27.1. The maximum Gasteiger partial charge on any atom is 0.224 e. The second kappa shape index (κ2) is 9.15. The number of pyridine rings is 1. The van der Waals surface area contributed by atoms with E-state index in [4.69, 9.17) is 14.5 Å². The number of aromatic nitrogens is 3. The van der Waals surface area contributed by atoms with E-state index in [-0.39, 0.29) is 24.2 Å². The zero-order valence-corrected chi connectivity index (χ0v) is 18.5. The number of carbonyl (C=O) groups is 1. The molecule has 2 N–H and O–H groups in total. The average molecular weight is 442 g/mol. The number of carbonyl (C=O) groups excluding carboxylic acids is 1. The Morgan fingerprint density at radius 1 is 1.12 bits per heavy atom. The number of anilines is 1. The largest absolute Gasteiger partial charge is 0.474 e. The summed E-state index contributed by atoms with van der Waals surface area (Å²) in [7, 11) is 1.81. The minimum atomic E-state index is -0.217. The lowest BCUT2D eigenvalue weighted by Crippen LogP contribution is -2.26. The third kappa shape index (κ3) is 4.49. The predicted octanol–water partition coefficient (Wildman–Crippen LogP) is 2.24. The maximum atomic E-state index is 11.9. The van der Waals surface area contributed by atoms with Crippen molar-refractivity contribution in [3.63, 3.8) is 0 Å². The van der Waals surface area contributed by atoms with Crippen LogP contribution in [0.15, 0.2) is 12.4 Å². The van der Waals surface area contributed by atoms with Gasteiger partial charge in [0.2, 0.25) is 17.7 Å². The molecule has 2 aliphatic heterocycles. The Morgan fingerprint density at radius 2 is 1.91 bits per heavy atom. The summed E-state index contributed by atoms with van der Waals surface area (Å²) in [4.78, 5) is 27.7. The van der Waals surface area contributed by atoms with Crippen LogP contribution in [0.25, 0.3) is 10.9 Å². The van der Waals surface area contributed by atoms with E-state index < -0.39 is 0 Å². The number of aliphatic hydroxyl groups is 1. The summed E-state index contributed by atoms with van der Waals surface area (Å²) in [6, 6.07) is -0.00183.